The molecule has 13 nitrogen and oxygen atoms in total. The number of aliphatic carboxylic acids is 2. The van der Waals surface area contributed by atoms with Gasteiger partial charge in [0.15, 0.2) is 22.5 Å². The van der Waals surface area contributed by atoms with Gasteiger partial charge in [-0.1, -0.05) is 77.8 Å². The maximum absolute atomic E-state index is 12.4. The molecular formula is C31H31Cl2N7O6. The fourth-order valence-electron chi connectivity index (χ4n) is 4.38. The van der Waals surface area contributed by atoms with E-state index >= 15 is 0 Å². The second-order valence-electron chi connectivity index (χ2n) is 9.94. The molecule has 15 heteroatoms. The van der Waals surface area contributed by atoms with E-state index < -0.39 is 35.8 Å². The summed E-state index contributed by atoms with van der Waals surface area (Å²) >= 11 is 11.5. The largest absolute Gasteiger partial charge is 0.481 e. The highest BCUT2D eigenvalue weighted by atomic mass is 35.5. The van der Waals surface area contributed by atoms with Gasteiger partial charge < -0.3 is 32.3 Å². The van der Waals surface area contributed by atoms with Crippen molar-refractivity contribution >= 4 is 58.6 Å². The number of nitrogen functional groups attached to an aromatic ring is 2. The predicted octanol–water partition coefficient (Wildman–Crippen LogP) is 4.54. The van der Waals surface area contributed by atoms with Crippen LogP contribution in [0.4, 0.5) is 11.6 Å². The number of carboxylic acids is 2. The summed E-state index contributed by atoms with van der Waals surface area (Å²) in [6.45, 7) is 3.69. The first-order valence-corrected chi connectivity index (χ1v) is 14.4. The van der Waals surface area contributed by atoms with Crippen LogP contribution in [-0.2, 0) is 9.59 Å². The minimum Gasteiger partial charge on any atom is -0.481 e. The van der Waals surface area contributed by atoms with E-state index in [1.165, 1.54) is 6.07 Å². The molecule has 2 atom stereocenters. The Kier molecular flexibility index (Phi) is 12.4. The van der Waals surface area contributed by atoms with E-state index in [4.69, 9.17) is 44.9 Å². The zero-order chi connectivity index (χ0) is 34.0. The summed E-state index contributed by atoms with van der Waals surface area (Å²) in [5, 5.41) is 23.6. The average molecular weight is 669 g/mol. The van der Waals surface area contributed by atoms with Crippen LogP contribution in [0.1, 0.15) is 68.2 Å². The fourth-order valence-corrected chi connectivity index (χ4v) is 4.67. The lowest BCUT2D eigenvalue weighted by Crippen LogP contribution is -2.32. The third kappa shape index (κ3) is 9.87. The quantitative estimate of drug-likeness (QED) is 0.129. The van der Waals surface area contributed by atoms with Gasteiger partial charge in [0.25, 0.3) is 11.8 Å². The molecule has 4 rings (SSSR count). The number of aromatic nitrogens is 3. The van der Waals surface area contributed by atoms with Gasteiger partial charge in [-0.3, -0.25) is 19.2 Å². The maximum atomic E-state index is 12.4. The third-order valence-electron chi connectivity index (χ3n) is 6.56. The minimum atomic E-state index is -1.06. The van der Waals surface area contributed by atoms with Crippen molar-refractivity contribution < 1.29 is 29.4 Å². The van der Waals surface area contributed by atoms with E-state index in [0.717, 1.165) is 16.7 Å². The molecule has 0 aliphatic heterocycles. The molecule has 0 unspecified atom stereocenters. The number of nitrogens with zero attached hydrogens (tertiary/aromatic N) is 3. The number of amides is 2. The number of benzene rings is 2. The van der Waals surface area contributed by atoms with Crippen LogP contribution in [-0.4, -0.2) is 48.9 Å². The van der Waals surface area contributed by atoms with Crippen molar-refractivity contribution in [2.24, 2.45) is 0 Å². The van der Waals surface area contributed by atoms with Crippen molar-refractivity contribution in [2.45, 2.75) is 38.8 Å². The Bertz CT molecular complexity index is 1750. The monoisotopic (exact) mass is 667 g/mol. The van der Waals surface area contributed by atoms with Crippen LogP contribution < -0.4 is 22.1 Å². The zero-order valence-electron chi connectivity index (χ0n) is 24.7. The van der Waals surface area contributed by atoms with Crippen molar-refractivity contribution in [3.05, 3.63) is 111 Å². The lowest BCUT2D eigenvalue weighted by Gasteiger charge is -2.19. The van der Waals surface area contributed by atoms with Crippen molar-refractivity contribution in [1.29, 1.82) is 0 Å². The number of carboxylic acid groups (broad SMARTS) is 2. The number of anilines is 2. The Morgan fingerprint density at radius 1 is 0.696 bits per heavy atom. The van der Waals surface area contributed by atoms with Crippen molar-refractivity contribution in [1.82, 2.24) is 25.6 Å². The summed E-state index contributed by atoms with van der Waals surface area (Å²) in [6, 6.07) is 17.8. The summed E-state index contributed by atoms with van der Waals surface area (Å²) < 4.78 is 0. The number of hydrogen-bond donors (Lipinski definition) is 6. The molecule has 0 aliphatic rings. The Morgan fingerprint density at radius 2 is 1.20 bits per heavy atom. The fraction of sp³-hybridized carbons (Fsp3) is 0.194. The molecule has 240 valence electrons. The Balaban J connectivity index is 0.000000251. The van der Waals surface area contributed by atoms with E-state index in [0.29, 0.717) is 5.56 Å². The molecule has 46 heavy (non-hydrogen) atoms. The van der Waals surface area contributed by atoms with Crippen molar-refractivity contribution in [3.63, 3.8) is 0 Å². The van der Waals surface area contributed by atoms with E-state index in [1.54, 1.807) is 36.4 Å². The van der Waals surface area contributed by atoms with Crippen LogP contribution in [0.3, 0.4) is 0 Å². The summed E-state index contributed by atoms with van der Waals surface area (Å²) in [7, 11) is 0. The molecule has 4 aromatic rings. The van der Waals surface area contributed by atoms with Gasteiger partial charge >= 0.3 is 11.9 Å². The third-order valence-corrected chi connectivity index (χ3v) is 7.05. The highest BCUT2D eigenvalue weighted by molar-refractivity contribution is 6.31. The van der Waals surface area contributed by atoms with Gasteiger partial charge in [0.1, 0.15) is 10.8 Å². The van der Waals surface area contributed by atoms with Crippen LogP contribution in [0.2, 0.25) is 10.3 Å². The molecule has 0 fully saturated rings. The van der Waals surface area contributed by atoms with Gasteiger partial charge in [-0.2, -0.15) is 0 Å². The Labute approximate surface area is 274 Å². The average Bonchev–Trinajstić information content (AvgIpc) is 2.98. The molecule has 0 radical (unpaired) electrons. The Hall–Kier alpha value is -5.27. The lowest BCUT2D eigenvalue weighted by atomic mass is 9.98. The normalized spacial score (nSPS) is 11.7. The first kappa shape index (κ1) is 35.2. The molecule has 2 aromatic heterocycles. The SMILES string of the molecule is Cc1ccccc1[C@H](CC(=O)O)NC(=O)c1cccc(Cl)n1.Cc1ccccc1[C@H](CC(=O)O)NC(=O)c1nc(Cl)c(N)nc1N. The van der Waals surface area contributed by atoms with Crippen molar-refractivity contribution in [2.75, 3.05) is 11.5 Å². The lowest BCUT2D eigenvalue weighted by molar-refractivity contribution is -0.138. The number of hydrogen-bond acceptors (Lipinski definition) is 9. The molecule has 8 N–H and O–H groups in total. The number of aryl methyl sites for hydroxylation is 2. The zero-order valence-corrected chi connectivity index (χ0v) is 26.2. The summed E-state index contributed by atoms with van der Waals surface area (Å²) in [4.78, 5) is 58.4. The van der Waals surface area contributed by atoms with Crippen LogP contribution in [0.15, 0.2) is 66.7 Å². The number of nitrogens with two attached hydrogens (primary N) is 2. The maximum Gasteiger partial charge on any atom is 0.305 e. The van der Waals surface area contributed by atoms with Crippen molar-refractivity contribution in [3.8, 4) is 0 Å². The molecule has 0 saturated heterocycles. The Morgan fingerprint density at radius 3 is 1.67 bits per heavy atom. The standard InChI is InChI=1S/C16H15ClN2O3.C15H16ClN5O3/c1-10-5-2-3-6-11(10)13(9-15(20)21)19-16(22)12-7-4-8-14(17)18-12;1-7-4-2-3-5-8(7)9(6-10(22)23)19-15(24)11-13(17)21-14(18)12(16)20-11/h2-8,13H,9H2,1H3,(H,19,22)(H,20,21);2-5,9H,6H2,1H3,(H,19,24)(H,22,23)(H4,17,18,21)/t13-;9-/m00/s1. The second-order valence-corrected chi connectivity index (χ2v) is 10.7. The summed E-state index contributed by atoms with van der Waals surface area (Å²) in [6.07, 6.45) is -0.510. The number of rotatable bonds is 10. The topological polar surface area (TPSA) is 224 Å². The molecule has 0 saturated carbocycles. The smallest absolute Gasteiger partial charge is 0.305 e. The highest BCUT2D eigenvalue weighted by Gasteiger charge is 2.24. The van der Waals surface area contributed by atoms with Crippen LogP contribution >= 0.6 is 23.2 Å². The van der Waals surface area contributed by atoms with Crippen LogP contribution in [0, 0.1) is 13.8 Å². The molecule has 0 spiro atoms. The van der Waals surface area contributed by atoms with E-state index in [-0.39, 0.29) is 46.2 Å². The van der Waals surface area contributed by atoms with Gasteiger partial charge in [-0.05, 0) is 48.2 Å². The van der Waals surface area contributed by atoms with E-state index in [1.807, 2.05) is 38.1 Å². The molecule has 0 aliphatic carbocycles. The number of halogens is 2. The number of nitrogens with one attached hydrogen (secondary N) is 2. The van der Waals surface area contributed by atoms with E-state index in [2.05, 4.69) is 25.6 Å². The molecule has 2 heterocycles. The number of carbonyl (C=O) groups excluding carboxylic acids is 2. The second kappa shape index (κ2) is 16.2. The molecule has 0 bridgehead atoms. The molecule has 2 amide bonds. The van der Waals surface area contributed by atoms with Crippen LogP contribution in [0.5, 0.6) is 0 Å². The summed E-state index contributed by atoms with van der Waals surface area (Å²) in [5.74, 6) is -3.47. The van der Waals surface area contributed by atoms with E-state index in [9.17, 15) is 19.2 Å². The summed E-state index contributed by atoms with van der Waals surface area (Å²) in [5.41, 5.74) is 14.3. The first-order chi connectivity index (χ1) is 21.8. The number of carbonyl (C=O) groups is 4. The highest BCUT2D eigenvalue weighted by Crippen LogP contribution is 2.24. The predicted molar refractivity (Wildman–Crippen MR) is 172 cm³/mol. The van der Waals surface area contributed by atoms with Gasteiger partial charge in [0.2, 0.25) is 0 Å². The molecular weight excluding hydrogens is 637 g/mol. The first-order valence-electron chi connectivity index (χ1n) is 13.6. The van der Waals surface area contributed by atoms with Gasteiger partial charge in [-0.15, -0.1) is 0 Å². The molecule has 2 aromatic carbocycles. The van der Waals surface area contributed by atoms with Crippen LogP contribution in [0.25, 0.3) is 0 Å². The number of pyridine rings is 1. The van der Waals surface area contributed by atoms with Gasteiger partial charge in [0.05, 0.1) is 24.9 Å². The van der Waals surface area contributed by atoms with Gasteiger partial charge in [-0.25, -0.2) is 15.0 Å². The van der Waals surface area contributed by atoms with Gasteiger partial charge in [0, 0.05) is 0 Å². The minimum absolute atomic E-state index is 0.0910.